The molecule has 0 aliphatic heterocycles. The van der Waals surface area contributed by atoms with E-state index in [1.807, 2.05) is 0 Å². The Balaban J connectivity index is 1.90. The van der Waals surface area contributed by atoms with Crippen molar-refractivity contribution in [2.45, 2.75) is 13.0 Å². The Labute approximate surface area is 170 Å². The molecule has 0 fully saturated rings. The maximum atomic E-state index is 12.4. The van der Waals surface area contributed by atoms with E-state index in [2.05, 4.69) is 31.5 Å². The summed E-state index contributed by atoms with van der Waals surface area (Å²) in [6.45, 7) is 1.73. The van der Waals surface area contributed by atoms with Gasteiger partial charge in [0.1, 0.15) is 5.82 Å². The number of rotatable bonds is 6. The molecule has 138 valence electrons. The number of carbonyl (C=O) groups is 2. The summed E-state index contributed by atoms with van der Waals surface area (Å²) in [6.07, 6.45) is 1.59. The standard InChI is InChI=1S/C17H17BrCl2N4O2/c1-10(17(26)22-14-5-4-12(19)7-13(14)20)24(2)9-16(25)23-15-6-3-11(18)8-21-15/h3-8,10H,9H2,1-2H3,(H,22,26)(H,21,23,25). The molecular formula is C17H17BrCl2N4O2. The van der Waals surface area contributed by atoms with Crippen LogP contribution in [0.1, 0.15) is 6.92 Å². The van der Waals surface area contributed by atoms with Gasteiger partial charge in [0.05, 0.1) is 23.3 Å². The first-order valence-electron chi connectivity index (χ1n) is 7.64. The van der Waals surface area contributed by atoms with Crippen molar-refractivity contribution in [3.63, 3.8) is 0 Å². The summed E-state index contributed by atoms with van der Waals surface area (Å²) in [5.41, 5.74) is 0.463. The molecule has 6 nitrogen and oxygen atoms in total. The Morgan fingerprint density at radius 3 is 2.58 bits per heavy atom. The number of halogens is 3. The van der Waals surface area contributed by atoms with Crippen LogP contribution in [0.5, 0.6) is 0 Å². The molecule has 0 radical (unpaired) electrons. The van der Waals surface area contributed by atoms with Gasteiger partial charge in [-0.25, -0.2) is 4.98 Å². The van der Waals surface area contributed by atoms with Crippen LogP contribution in [0.15, 0.2) is 41.0 Å². The molecule has 2 rings (SSSR count). The van der Waals surface area contributed by atoms with Gasteiger partial charge in [0.15, 0.2) is 0 Å². The van der Waals surface area contributed by atoms with Crippen LogP contribution in [-0.4, -0.2) is 41.3 Å². The second-order valence-corrected chi connectivity index (χ2v) is 7.37. The third kappa shape index (κ3) is 5.95. The Hall–Kier alpha value is -1.67. The maximum Gasteiger partial charge on any atom is 0.241 e. The summed E-state index contributed by atoms with van der Waals surface area (Å²) in [6, 6.07) is 7.72. The largest absolute Gasteiger partial charge is 0.323 e. The van der Waals surface area contributed by atoms with Crippen molar-refractivity contribution < 1.29 is 9.59 Å². The highest BCUT2D eigenvalue weighted by molar-refractivity contribution is 9.10. The Bertz CT molecular complexity index is 802. The summed E-state index contributed by atoms with van der Waals surface area (Å²) >= 11 is 15.2. The number of benzene rings is 1. The van der Waals surface area contributed by atoms with Gasteiger partial charge < -0.3 is 10.6 Å². The molecule has 1 unspecified atom stereocenters. The van der Waals surface area contributed by atoms with Gasteiger partial charge in [-0.15, -0.1) is 0 Å². The van der Waals surface area contributed by atoms with Crippen LogP contribution >= 0.6 is 39.1 Å². The molecule has 1 aromatic heterocycles. The first-order valence-corrected chi connectivity index (χ1v) is 9.18. The Morgan fingerprint density at radius 2 is 1.96 bits per heavy atom. The number of hydrogen-bond acceptors (Lipinski definition) is 4. The van der Waals surface area contributed by atoms with Crippen LogP contribution in [0.2, 0.25) is 10.0 Å². The molecule has 0 bridgehead atoms. The minimum Gasteiger partial charge on any atom is -0.323 e. The van der Waals surface area contributed by atoms with E-state index in [-0.39, 0.29) is 18.4 Å². The summed E-state index contributed by atoms with van der Waals surface area (Å²) in [7, 11) is 1.68. The van der Waals surface area contributed by atoms with E-state index >= 15 is 0 Å². The van der Waals surface area contributed by atoms with Crippen molar-refractivity contribution in [3.05, 3.63) is 51.0 Å². The smallest absolute Gasteiger partial charge is 0.241 e. The molecule has 0 saturated heterocycles. The first-order chi connectivity index (χ1) is 12.3. The number of carbonyl (C=O) groups excluding carboxylic acids is 2. The third-order valence-electron chi connectivity index (χ3n) is 3.62. The summed E-state index contributed by atoms with van der Waals surface area (Å²) in [5, 5.41) is 6.24. The lowest BCUT2D eigenvalue weighted by molar-refractivity contribution is -0.122. The van der Waals surface area contributed by atoms with Crippen LogP contribution in [0.25, 0.3) is 0 Å². The highest BCUT2D eigenvalue weighted by Gasteiger charge is 2.21. The Morgan fingerprint density at radius 1 is 1.23 bits per heavy atom. The van der Waals surface area contributed by atoms with Crippen LogP contribution in [0, 0.1) is 0 Å². The highest BCUT2D eigenvalue weighted by Crippen LogP contribution is 2.25. The molecule has 1 atom stereocenters. The van der Waals surface area contributed by atoms with Gasteiger partial charge in [0, 0.05) is 15.7 Å². The fraction of sp³-hybridized carbons (Fsp3) is 0.235. The second kappa shape index (κ2) is 9.32. The van der Waals surface area contributed by atoms with Gasteiger partial charge in [0.25, 0.3) is 0 Å². The number of amides is 2. The van der Waals surface area contributed by atoms with E-state index in [1.165, 1.54) is 0 Å². The topological polar surface area (TPSA) is 74.3 Å². The van der Waals surface area contributed by atoms with Crippen molar-refractivity contribution in [3.8, 4) is 0 Å². The van der Waals surface area contributed by atoms with Gasteiger partial charge in [-0.3, -0.25) is 14.5 Å². The lowest BCUT2D eigenvalue weighted by Crippen LogP contribution is -2.43. The zero-order valence-corrected chi connectivity index (χ0v) is 17.2. The number of hydrogen-bond donors (Lipinski definition) is 2. The minimum atomic E-state index is -0.551. The average Bonchev–Trinajstić information content (AvgIpc) is 2.58. The lowest BCUT2D eigenvalue weighted by atomic mass is 10.2. The molecule has 26 heavy (non-hydrogen) atoms. The molecule has 1 aromatic carbocycles. The van der Waals surface area contributed by atoms with Crippen molar-refractivity contribution >= 4 is 62.5 Å². The number of nitrogens with zero attached hydrogens (tertiary/aromatic N) is 2. The fourth-order valence-electron chi connectivity index (χ4n) is 2.02. The van der Waals surface area contributed by atoms with Gasteiger partial charge in [-0.05, 0) is 60.2 Å². The van der Waals surface area contributed by atoms with Gasteiger partial charge >= 0.3 is 0 Å². The van der Waals surface area contributed by atoms with Crippen molar-refractivity contribution in [1.29, 1.82) is 0 Å². The van der Waals surface area contributed by atoms with Crippen LogP contribution in [0.4, 0.5) is 11.5 Å². The molecule has 2 amide bonds. The normalized spacial score (nSPS) is 11.9. The lowest BCUT2D eigenvalue weighted by Gasteiger charge is -2.23. The van der Waals surface area contributed by atoms with E-state index < -0.39 is 6.04 Å². The Kier molecular flexibility index (Phi) is 7.40. The van der Waals surface area contributed by atoms with E-state index in [0.717, 1.165) is 4.47 Å². The number of likely N-dealkylation sites (N-methyl/N-ethyl adjacent to an activating group) is 1. The molecule has 2 aromatic rings. The predicted octanol–water partition coefficient (Wildman–Crippen LogP) is 4.05. The molecule has 1 heterocycles. The quantitative estimate of drug-likeness (QED) is 0.683. The number of pyridine rings is 1. The molecule has 0 spiro atoms. The van der Waals surface area contributed by atoms with Crippen LogP contribution < -0.4 is 10.6 Å². The van der Waals surface area contributed by atoms with Crippen LogP contribution in [-0.2, 0) is 9.59 Å². The molecule has 0 saturated carbocycles. The summed E-state index contributed by atoms with van der Waals surface area (Å²) < 4.78 is 0.818. The summed E-state index contributed by atoms with van der Waals surface area (Å²) in [5.74, 6) is -0.116. The van der Waals surface area contributed by atoms with Crippen molar-refractivity contribution in [1.82, 2.24) is 9.88 Å². The highest BCUT2D eigenvalue weighted by atomic mass is 79.9. The minimum absolute atomic E-state index is 0.0285. The van der Waals surface area contributed by atoms with Gasteiger partial charge in [-0.1, -0.05) is 23.2 Å². The maximum absolute atomic E-state index is 12.4. The van der Waals surface area contributed by atoms with Crippen molar-refractivity contribution in [2.75, 3.05) is 24.2 Å². The molecular weight excluding hydrogens is 443 g/mol. The average molecular weight is 460 g/mol. The predicted molar refractivity (Wildman–Crippen MR) is 108 cm³/mol. The van der Waals surface area contributed by atoms with Gasteiger partial charge in [0.2, 0.25) is 11.8 Å². The van der Waals surface area contributed by atoms with E-state index in [1.54, 1.807) is 55.4 Å². The van der Waals surface area contributed by atoms with E-state index in [9.17, 15) is 9.59 Å². The van der Waals surface area contributed by atoms with Crippen LogP contribution in [0.3, 0.4) is 0 Å². The molecule has 0 aliphatic carbocycles. The molecule has 2 N–H and O–H groups in total. The van der Waals surface area contributed by atoms with Gasteiger partial charge in [-0.2, -0.15) is 0 Å². The van der Waals surface area contributed by atoms with Crippen molar-refractivity contribution in [2.24, 2.45) is 0 Å². The number of nitrogens with one attached hydrogen (secondary N) is 2. The first kappa shape index (κ1) is 20.6. The number of anilines is 2. The second-order valence-electron chi connectivity index (χ2n) is 5.61. The summed E-state index contributed by atoms with van der Waals surface area (Å²) in [4.78, 5) is 30.2. The third-order valence-corrected chi connectivity index (χ3v) is 4.63. The number of aromatic nitrogens is 1. The SMILES string of the molecule is CC(C(=O)Nc1ccc(Cl)cc1Cl)N(C)CC(=O)Nc1ccc(Br)cn1. The molecule has 0 aliphatic rings. The monoisotopic (exact) mass is 458 g/mol. The van der Waals surface area contributed by atoms with E-state index in [0.29, 0.717) is 21.6 Å². The fourth-order valence-corrected chi connectivity index (χ4v) is 2.71. The zero-order valence-electron chi connectivity index (χ0n) is 14.1. The zero-order chi connectivity index (χ0) is 19.3. The van der Waals surface area contributed by atoms with E-state index in [4.69, 9.17) is 23.2 Å². The molecule has 9 heteroatoms.